The molecule has 0 atom stereocenters. The maximum Gasteiger partial charge on any atom is 0.339 e. The van der Waals surface area contributed by atoms with Crippen LogP contribution in [0.2, 0.25) is 0 Å². The van der Waals surface area contributed by atoms with Crippen LogP contribution in [0.15, 0.2) is 78.9 Å². The van der Waals surface area contributed by atoms with Crippen LogP contribution in [0.1, 0.15) is 56.4 Å². The fraction of sp³-hybridized carbons (Fsp3) is 0.167. The van der Waals surface area contributed by atoms with E-state index in [1.807, 2.05) is 54.6 Å². The lowest BCUT2D eigenvalue weighted by molar-refractivity contribution is 0.0475. The lowest BCUT2D eigenvalue weighted by Gasteiger charge is -2.12. The van der Waals surface area contributed by atoms with Crippen molar-refractivity contribution in [3.8, 4) is 0 Å². The van der Waals surface area contributed by atoms with E-state index in [0.717, 1.165) is 51.7 Å². The zero-order valence-corrected chi connectivity index (χ0v) is 19.1. The SMILES string of the molecule is CCc1ccc(C(=O)COC(=O)c2c3c(nc4ccccc24)C(=Cc2ccccc2)CC3)cc1. The quantitative estimate of drug-likeness (QED) is 0.256. The minimum atomic E-state index is -0.477. The van der Waals surface area contributed by atoms with E-state index in [9.17, 15) is 9.59 Å². The van der Waals surface area contributed by atoms with Crippen molar-refractivity contribution in [2.24, 2.45) is 0 Å². The van der Waals surface area contributed by atoms with E-state index in [1.54, 1.807) is 12.1 Å². The number of benzene rings is 3. The Hall–Kier alpha value is -4.05. The van der Waals surface area contributed by atoms with Crippen molar-refractivity contribution >= 4 is 34.3 Å². The first-order chi connectivity index (χ1) is 16.6. The van der Waals surface area contributed by atoms with Gasteiger partial charge in [-0.05, 0) is 53.7 Å². The Kier molecular flexibility index (Phi) is 6.05. The first-order valence-corrected chi connectivity index (χ1v) is 11.6. The van der Waals surface area contributed by atoms with Gasteiger partial charge >= 0.3 is 5.97 Å². The summed E-state index contributed by atoms with van der Waals surface area (Å²) in [4.78, 5) is 30.8. The van der Waals surface area contributed by atoms with E-state index in [0.29, 0.717) is 17.5 Å². The van der Waals surface area contributed by atoms with Crippen molar-refractivity contribution in [2.45, 2.75) is 26.2 Å². The number of fused-ring (bicyclic) bond motifs is 2. The summed E-state index contributed by atoms with van der Waals surface area (Å²) in [7, 11) is 0. The van der Waals surface area contributed by atoms with Crippen LogP contribution >= 0.6 is 0 Å². The van der Waals surface area contributed by atoms with Crippen molar-refractivity contribution in [1.82, 2.24) is 4.98 Å². The maximum absolute atomic E-state index is 13.3. The Balaban J connectivity index is 1.46. The average molecular weight is 448 g/mol. The van der Waals surface area contributed by atoms with Crippen LogP contribution in [0.25, 0.3) is 22.6 Å². The monoisotopic (exact) mass is 447 g/mol. The van der Waals surface area contributed by atoms with Gasteiger partial charge in [0.25, 0.3) is 0 Å². The number of hydrogen-bond acceptors (Lipinski definition) is 4. The number of nitrogens with zero attached hydrogens (tertiary/aromatic N) is 1. The third-order valence-corrected chi connectivity index (χ3v) is 6.30. The highest BCUT2D eigenvalue weighted by Gasteiger charge is 2.28. The van der Waals surface area contributed by atoms with Crippen LogP contribution in [0.3, 0.4) is 0 Å². The molecule has 0 fully saturated rings. The zero-order valence-electron chi connectivity index (χ0n) is 19.1. The number of allylic oxidation sites excluding steroid dienone is 1. The number of para-hydroxylation sites is 1. The molecule has 0 radical (unpaired) electrons. The molecule has 0 saturated carbocycles. The Morgan fingerprint density at radius 1 is 0.912 bits per heavy atom. The van der Waals surface area contributed by atoms with E-state index in [1.165, 1.54) is 0 Å². The Labute approximate surface area is 198 Å². The first-order valence-electron chi connectivity index (χ1n) is 11.6. The van der Waals surface area contributed by atoms with Crippen molar-refractivity contribution in [3.05, 3.63) is 112 Å². The largest absolute Gasteiger partial charge is 0.454 e. The molecule has 0 unspecified atom stereocenters. The van der Waals surface area contributed by atoms with E-state index >= 15 is 0 Å². The molecular weight excluding hydrogens is 422 g/mol. The fourth-order valence-electron chi connectivity index (χ4n) is 4.48. The molecule has 4 aromatic rings. The molecule has 34 heavy (non-hydrogen) atoms. The summed E-state index contributed by atoms with van der Waals surface area (Å²) in [6.45, 7) is 1.78. The number of ketones is 1. The van der Waals surface area contributed by atoms with Crippen LogP contribution in [-0.2, 0) is 17.6 Å². The summed E-state index contributed by atoms with van der Waals surface area (Å²) in [6, 6.07) is 25.1. The average Bonchev–Trinajstić information content (AvgIpc) is 3.28. The molecule has 168 valence electrons. The van der Waals surface area contributed by atoms with Crippen LogP contribution < -0.4 is 0 Å². The van der Waals surface area contributed by atoms with Gasteiger partial charge in [-0.25, -0.2) is 9.78 Å². The van der Waals surface area contributed by atoms with Gasteiger partial charge in [-0.3, -0.25) is 4.79 Å². The molecule has 1 aromatic heterocycles. The molecule has 0 saturated heterocycles. The molecule has 0 N–H and O–H groups in total. The highest BCUT2D eigenvalue weighted by atomic mass is 16.5. The molecular formula is C30H25NO3. The number of pyridine rings is 1. The second-order valence-corrected chi connectivity index (χ2v) is 8.46. The number of aromatic nitrogens is 1. The van der Waals surface area contributed by atoms with Gasteiger partial charge in [0.1, 0.15) is 0 Å². The molecule has 4 nitrogen and oxygen atoms in total. The van der Waals surface area contributed by atoms with Gasteiger partial charge in [0, 0.05) is 10.9 Å². The molecule has 0 amide bonds. The van der Waals surface area contributed by atoms with E-state index in [-0.39, 0.29) is 12.4 Å². The lowest BCUT2D eigenvalue weighted by atomic mass is 10.0. The van der Waals surface area contributed by atoms with Gasteiger partial charge in [0.05, 0.1) is 16.8 Å². The molecule has 3 aromatic carbocycles. The minimum absolute atomic E-state index is 0.212. The van der Waals surface area contributed by atoms with E-state index in [2.05, 4.69) is 25.1 Å². The van der Waals surface area contributed by atoms with Crippen LogP contribution in [0, 0.1) is 0 Å². The highest BCUT2D eigenvalue weighted by molar-refractivity contribution is 6.08. The third kappa shape index (κ3) is 4.27. The van der Waals surface area contributed by atoms with Gasteiger partial charge < -0.3 is 4.74 Å². The van der Waals surface area contributed by atoms with Gasteiger partial charge in [-0.2, -0.15) is 0 Å². The lowest BCUT2D eigenvalue weighted by Crippen LogP contribution is -2.16. The van der Waals surface area contributed by atoms with Gasteiger partial charge in [0.15, 0.2) is 12.4 Å². The molecule has 0 aliphatic heterocycles. The van der Waals surface area contributed by atoms with Crippen molar-refractivity contribution in [3.63, 3.8) is 0 Å². The smallest absolute Gasteiger partial charge is 0.339 e. The van der Waals surface area contributed by atoms with E-state index in [4.69, 9.17) is 9.72 Å². The molecule has 1 aliphatic rings. The number of aryl methyl sites for hydroxylation is 1. The summed E-state index contributed by atoms with van der Waals surface area (Å²) in [5.41, 5.74) is 6.91. The van der Waals surface area contributed by atoms with Crippen molar-refractivity contribution in [2.75, 3.05) is 6.61 Å². The second kappa shape index (κ2) is 9.44. The van der Waals surface area contributed by atoms with Crippen LogP contribution in [-0.4, -0.2) is 23.3 Å². The first kappa shape index (κ1) is 21.8. The molecule has 4 heteroatoms. The normalized spacial score (nSPS) is 13.7. The molecule has 0 bridgehead atoms. The second-order valence-electron chi connectivity index (χ2n) is 8.46. The van der Waals surface area contributed by atoms with Crippen molar-refractivity contribution < 1.29 is 14.3 Å². The molecule has 5 rings (SSSR count). The number of carbonyl (C=O) groups is 2. The molecule has 0 spiro atoms. The molecule has 1 aliphatic carbocycles. The maximum atomic E-state index is 13.3. The standard InChI is InChI=1S/C30H25NO3/c1-2-20-12-14-22(15-13-20)27(32)19-34-30(33)28-24-10-6-7-11-26(24)31-29-23(16-17-25(28)29)18-21-8-4-3-5-9-21/h3-15,18H,2,16-17,19H2,1H3. The van der Waals surface area contributed by atoms with Gasteiger partial charge in [-0.15, -0.1) is 0 Å². The van der Waals surface area contributed by atoms with Gasteiger partial charge in [-0.1, -0.05) is 79.7 Å². The number of carbonyl (C=O) groups excluding carboxylic acids is 2. The number of rotatable bonds is 6. The summed E-state index contributed by atoms with van der Waals surface area (Å²) in [5, 5.41) is 0.756. The predicted octanol–water partition coefficient (Wildman–Crippen LogP) is 6.32. The number of ether oxygens (including phenoxy) is 1. The minimum Gasteiger partial charge on any atom is -0.454 e. The Morgan fingerprint density at radius 3 is 2.41 bits per heavy atom. The number of Topliss-reactive ketones (excluding diaryl/α,β-unsaturated/α-hetero) is 1. The van der Waals surface area contributed by atoms with Crippen LogP contribution in [0.5, 0.6) is 0 Å². The summed E-state index contributed by atoms with van der Waals surface area (Å²) < 4.78 is 5.55. The number of esters is 1. The predicted molar refractivity (Wildman–Crippen MR) is 135 cm³/mol. The van der Waals surface area contributed by atoms with Crippen molar-refractivity contribution in [1.29, 1.82) is 0 Å². The van der Waals surface area contributed by atoms with Crippen LogP contribution in [0.4, 0.5) is 0 Å². The van der Waals surface area contributed by atoms with Gasteiger partial charge in [0.2, 0.25) is 0 Å². The summed E-state index contributed by atoms with van der Waals surface area (Å²) >= 11 is 0. The summed E-state index contributed by atoms with van der Waals surface area (Å²) in [5.74, 6) is -0.690. The van der Waals surface area contributed by atoms with E-state index < -0.39 is 5.97 Å². The fourth-order valence-corrected chi connectivity index (χ4v) is 4.48. The third-order valence-electron chi connectivity index (χ3n) is 6.30. The molecule has 1 heterocycles. The highest BCUT2D eigenvalue weighted by Crippen LogP contribution is 2.37. The number of hydrogen-bond donors (Lipinski definition) is 0. The Morgan fingerprint density at radius 2 is 1.65 bits per heavy atom. The Bertz CT molecular complexity index is 1400. The summed E-state index contributed by atoms with van der Waals surface area (Å²) in [6.07, 6.45) is 4.55. The zero-order chi connectivity index (χ0) is 23.5. The topological polar surface area (TPSA) is 56.3 Å².